The van der Waals surface area contributed by atoms with Crippen LogP contribution in [0.2, 0.25) is 0 Å². The number of hydrogen-bond donors (Lipinski definition) is 0. The number of imidazole rings is 1. The number of benzene rings is 1. The molecule has 1 saturated heterocycles. The highest BCUT2D eigenvalue weighted by atomic mass is 127. The minimum Gasteiger partial charge on any atom is -0.353 e. The van der Waals surface area contributed by atoms with E-state index in [-0.39, 0.29) is 5.91 Å². The average molecular weight is 474 g/mol. The number of rotatable bonds is 3. The summed E-state index contributed by atoms with van der Waals surface area (Å²) in [5.74, 6) is 2.64. The van der Waals surface area contributed by atoms with E-state index >= 15 is 0 Å². The van der Waals surface area contributed by atoms with Gasteiger partial charge in [-0.2, -0.15) is 0 Å². The predicted molar refractivity (Wildman–Crippen MR) is 111 cm³/mol. The quantitative estimate of drug-likeness (QED) is 0.546. The van der Waals surface area contributed by atoms with Gasteiger partial charge in [0.1, 0.15) is 23.8 Å². The van der Waals surface area contributed by atoms with Gasteiger partial charge in [0.2, 0.25) is 0 Å². The summed E-state index contributed by atoms with van der Waals surface area (Å²) >= 11 is 2.24. The monoisotopic (exact) mass is 474 g/mol. The zero-order valence-corrected chi connectivity index (χ0v) is 17.1. The first-order chi connectivity index (χ1) is 13.1. The third-order valence-electron chi connectivity index (χ3n) is 4.69. The summed E-state index contributed by atoms with van der Waals surface area (Å²) < 4.78 is 3.06. The summed E-state index contributed by atoms with van der Waals surface area (Å²) in [6.07, 6.45) is 5.22. The lowest BCUT2D eigenvalue weighted by molar-refractivity contribution is 0.0746. The lowest BCUT2D eigenvalue weighted by Gasteiger charge is -2.35. The molecule has 0 N–H and O–H groups in total. The van der Waals surface area contributed by atoms with Crippen molar-refractivity contribution in [3.8, 4) is 5.82 Å². The molecule has 1 fully saturated rings. The number of nitrogens with zero attached hydrogens (tertiary/aromatic N) is 6. The first-order valence-corrected chi connectivity index (χ1v) is 9.82. The second-order valence-electron chi connectivity index (χ2n) is 6.37. The van der Waals surface area contributed by atoms with Crippen LogP contribution in [0, 0.1) is 10.5 Å². The van der Waals surface area contributed by atoms with Crippen LogP contribution in [0.25, 0.3) is 5.82 Å². The van der Waals surface area contributed by atoms with Crippen LogP contribution in [0.1, 0.15) is 16.2 Å². The maximum Gasteiger partial charge on any atom is 0.253 e. The molecule has 1 aliphatic rings. The van der Waals surface area contributed by atoms with E-state index in [2.05, 4.69) is 42.4 Å². The number of anilines is 1. The molecule has 3 aromatic rings. The Kier molecular flexibility index (Phi) is 5.06. The molecule has 0 radical (unpaired) electrons. The van der Waals surface area contributed by atoms with Crippen molar-refractivity contribution in [2.24, 2.45) is 0 Å². The maximum absolute atomic E-state index is 12.7. The second kappa shape index (κ2) is 7.63. The van der Waals surface area contributed by atoms with E-state index in [0.29, 0.717) is 13.1 Å². The summed E-state index contributed by atoms with van der Waals surface area (Å²) in [7, 11) is 0. The third-order valence-corrected chi connectivity index (χ3v) is 5.41. The number of amides is 1. The first kappa shape index (κ1) is 17.9. The molecule has 0 spiro atoms. The van der Waals surface area contributed by atoms with E-state index in [1.807, 2.05) is 52.9 Å². The fourth-order valence-corrected chi connectivity index (χ4v) is 3.54. The highest BCUT2D eigenvalue weighted by Crippen LogP contribution is 2.18. The Hall–Kier alpha value is -2.49. The van der Waals surface area contributed by atoms with Gasteiger partial charge < -0.3 is 9.80 Å². The third kappa shape index (κ3) is 3.80. The van der Waals surface area contributed by atoms with Crippen molar-refractivity contribution in [3.63, 3.8) is 0 Å². The number of piperazine rings is 1. The van der Waals surface area contributed by atoms with Crippen molar-refractivity contribution in [2.45, 2.75) is 6.92 Å². The van der Waals surface area contributed by atoms with Crippen molar-refractivity contribution >= 4 is 34.3 Å². The van der Waals surface area contributed by atoms with Gasteiger partial charge in [-0.05, 0) is 53.8 Å². The molecule has 0 saturated carbocycles. The topological polar surface area (TPSA) is 67.2 Å². The lowest BCUT2D eigenvalue weighted by Crippen LogP contribution is -2.49. The Morgan fingerprint density at radius 1 is 1.00 bits per heavy atom. The molecule has 0 bridgehead atoms. The van der Waals surface area contributed by atoms with Gasteiger partial charge in [-0.25, -0.2) is 15.0 Å². The highest BCUT2D eigenvalue weighted by Gasteiger charge is 2.23. The van der Waals surface area contributed by atoms with E-state index in [0.717, 1.165) is 39.7 Å². The molecule has 4 rings (SSSR count). The zero-order chi connectivity index (χ0) is 18.8. The summed E-state index contributed by atoms with van der Waals surface area (Å²) in [5.41, 5.74) is 0.740. The average Bonchev–Trinajstić information content (AvgIpc) is 3.14. The Labute approximate surface area is 171 Å². The molecular formula is C19H19IN6O. The summed E-state index contributed by atoms with van der Waals surface area (Å²) in [5, 5.41) is 0. The van der Waals surface area contributed by atoms with Crippen LogP contribution in [0.5, 0.6) is 0 Å². The van der Waals surface area contributed by atoms with Crippen molar-refractivity contribution < 1.29 is 4.79 Å². The Morgan fingerprint density at radius 2 is 1.70 bits per heavy atom. The van der Waals surface area contributed by atoms with Crippen LogP contribution in [-0.2, 0) is 0 Å². The molecule has 0 atom stereocenters. The van der Waals surface area contributed by atoms with Crippen molar-refractivity contribution in [1.82, 2.24) is 24.4 Å². The molecular weight excluding hydrogens is 455 g/mol. The molecule has 8 heteroatoms. The van der Waals surface area contributed by atoms with Gasteiger partial charge in [0.05, 0.1) is 0 Å². The lowest BCUT2D eigenvalue weighted by atomic mass is 10.2. The molecule has 0 unspecified atom stereocenters. The van der Waals surface area contributed by atoms with Crippen LogP contribution < -0.4 is 4.90 Å². The van der Waals surface area contributed by atoms with Crippen LogP contribution in [0.3, 0.4) is 0 Å². The number of carbonyl (C=O) groups is 1. The Bertz CT molecular complexity index is 947. The van der Waals surface area contributed by atoms with Gasteiger partial charge in [-0.15, -0.1) is 0 Å². The zero-order valence-electron chi connectivity index (χ0n) is 14.9. The predicted octanol–water partition coefficient (Wildman–Crippen LogP) is 2.54. The van der Waals surface area contributed by atoms with E-state index in [4.69, 9.17) is 0 Å². The second-order valence-corrected chi connectivity index (χ2v) is 7.61. The number of carbonyl (C=O) groups excluding carboxylic acids is 1. The summed E-state index contributed by atoms with van der Waals surface area (Å²) in [6.45, 7) is 4.78. The Morgan fingerprint density at radius 3 is 2.37 bits per heavy atom. The minimum absolute atomic E-state index is 0.0865. The fraction of sp³-hybridized carbons (Fsp3) is 0.263. The number of aryl methyl sites for hydroxylation is 1. The molecule has 3 heterocycles. The number of hydrogen-bond acceptors (Lipinski definition) is 5. The van der Waals surface area contributed by atoms with Gasteiger partial charge in [0, 0.05) is 53.8 Å². The normalized spacial score (nSPS) is 14.4. The van der Waals surface area contributed by atoms with E-state index < -0.39 is 0 Å². The minimum atomic E-state index is 0.0865. The SMILES string of the molecule is Cc1nccn1-c1cc(N2CCN(C(=O)c3ccc(I)cc3)CC2)ncn1. The van der Waals surface area contributed by atoms with Crippen LogP contribution in [0.15, 0.2) is 49.1 Å². The van der Waals surface area contributed by atoms with Crippen LogP contribution in [-0.4, -0.2) is 56.5 Å². The van der Waals surface area contributed by atoms with Crippen LogP contribution >= 0.6 is 22.6 Å². The van der Waals surface area contributed by atoms with Gasteiger partial charge >= 0.3 is 0 Å². The highest BCUT2D eigenvalue weighted by molar-refractivity contribution is 14.1. The number of aromatic nitrogens is 4. The van der Waals surface area contributed by atoms with Gasteiger partial charge in [-0.3, -0.25) is 9.36 Å². The van der Waals surface area contributed by atoms with Crippen molar-refractivity contribution in [3.05, 3.63) is 64.0 Å². The van der Waals surface area contributed by atoms with Crippen molar-refractivity contribution in [2.75, 3.05) is 31.1 Å². The largest absolute Gasteiger partial charge is 0.353 e. The first-order valence-electron chi connectivity index (χ1n) is 8.74. The standard InChI is InChI=1S/C19H19IN6O/c1-14-21-6-7-26(14)18-12-17(22-13-23-18)24-8-10-25(11-9-24)19(27)15-2-4-16(20)5-3-15/h2-7,12-13H,8-11H2,1H3. The van der Waals surface area contributed by atoms with E-state index in [1.54, 1.807) is 12.5 Å². The Balaban J connectivity index is 1.44. The summed E-state index contributed by atoms with van der Waals surface area (Å²) in [6, 6.07) is 9.67. The van der Waals surface area contributed by atoms with E-state index in [9.17, 15) is 4.79 Å². The van der Waals surface area contributed by atoms with Crippen LogP contribution in [0.4, 0.5) is 5.82 Å². The molecule has 0 aliphatic carbocycles. The molecule has 2 aromatic heterocycles. The smallest absolute Gasteiger partial charge is 0.253 e. The van der Waals surface area contributed by atoms with Crippen molar-refractivity contribution in [1.29, 1.82) is 0 Å². The van der Waals surface area contributed by atoms with E-state index in [1.165, 1.54) is 0 Å². The van der Waals surface area contributed by atoms with Gasteiger partial charge in [0.15, 0.2) is 0 Å². The fourth-order valence-electron chi connectivity index (χ4n) is 3.18. The molecule has 1 amide bonds. The molecule has 138 valence electrons. The molecule has 1 aromatic carbocycles. The molecule has 27 heavy (non-hydrogen) atoms. The maximum atomic E-state index is 12.7. The molecule has 1 aliphatic heterocycles. The number of halogens is 1. The summed E-state index contributed by atoms with van der Waals surface area (Å²) in [4.78, 5) is 29.8. The van der Waals surface area contributed by atoms with Gasteiger partial charge in [0.25, 0.3) is 5.91 Å². The molecule has 7 nitrogen and oxygen atoms in total. The van der Waals surface area contributed by atoms with Gasteiger partial charge in [-0.1, -0.05) is 0 Å².